The summed E-state index contributed by atoms with van der Waals surface area (Å²) in [6.45, 7) is 0. The first-order valence-corrected chi connectivity index (χ1v) is 3.99. The third kappa shape index (κ3) is 1.34. The van der Waals surface area contributed by atoms with E-state index in [-0.39, 0.29) is 0 Å². The smallest absolute Gasteiger partial charge is 0.0605 e. The minimum atomic E-state index is 1.15. The van der Waals surface area contributed by atoms with Gasteiger partial charge in [-0.2, -0.15) is 0 Å². The summed E-state index contributed by atoms with van der Waals surface area (Å²) in [5.74, 6) is 0. The predicted octanol–water partition coefficient (Wildman–Crippen LogP) is 3.00. The fourth-order valence-electron chi connectivity index (χ4n) is 1.19. The molecule has 0 saturated carbocycles. The Kier molecular flexibility index (Phi) is 1.85. The number of hydrogen-bond donors (Lipinski definition) is 0. The van der Waals surface area contributed by atoms with Gasteiger partial charge in [-0.1, -0.05) is 18.2 Å². The summed E-state index contributed by atoms with van der Waals surface area (Å²) in [4.78, 5) is 0. The van der Waals surface area contributed by atoms with Crippen LogP contribution < -0.4 is 0 Å². The fraction of sp³-hybridized carbons (Fsp3) is 0. The predicted molar refractivity (Wildman–Crippen MR) is 51.4 cm³/mol. The zero-order chi connectivity index (χ0) is 8.23. The molecule has 0 radical (unpaired) electrons. The topological polar surface area (TPSA) is 0 Å². The molecule has 56 valence electrons. The first kappa shape index (κ1) is 7.02. The van der Waals surface area contributed by atoms with E-state index in [1.807, 2.05) is 36.4 Å². The Labute approximate surface area is 72.5 Å². The van der Waals surface area contributed by atoms with E-state index in [0.717, 1.165) is 5.57 Å². The molecule has 0 heterocycles. The van der Waals surface area contributed by atoms with Crippen LogP contribution in [0.25, 0.3) is 5.57 Å². The second-order valence-corrected chi connectivity index (χ2v) is 2.64. The van der Waals surface area contributed by atoms with E-state index in [0.29, 0.717) is 0 Å². The van der Waals surface area contributed by atoms with Gasteiger partial charge in [-0.3, -0.25) is 0 Å². The Bertz CT molecular complexity index is 340. The summed E-state index contributed by atoms with van der Waals surface area (Å²) in [6.07, 6.45) is 11.2. The van der Waals surface area contributed by atoms with Crippen LogP contribution in [0.3, 0.4) is 0 Å². The molecule has 0 nitrogen and oxygen atoms in total. The number of rotatable bonds is 1. The van der Waals surface area contributed by atoms with Crippen LogP contribution in [-0.2, 0) is 0 Å². The molecule has 0 saturated heterocycles. The van der Waals surface area contributed by atoms with Gasteiger partial charge in [0.1, 0.15) is 0 Å². The molecule has 0 atom stereocenters. The van der Waals surface area contributed by atoms with E-state index in [9.17, 15) is 0 Å². The van der Waals surface area contributed by atoms with Crippen molar-refractivity contribution in [2.75, 3.05) is 0 Å². The van der Waals surface area contributed by atoms with Crippen molar-refractivity contribution >= 4 is 5.57 Å². The molecule has 0 aromatic heterocycles. The van der Waals surface area contributed by atoms with Crippen molar-refractivity contribution in [2.24, 2.45) is 0 Å². The van der Waals surface area contributed by atoms with Crippen LogP contribution in [0.15, 0.2) is 54.6 Å². The standard InChI is InChI=1S/C12H9/c1-3-7-11(8-4-1)12-9-5-2-6-10-12/h1-9H/q+1. The number of allylic oxidation sites excluding steroid dienone is 6. The second-order valence-electron chi connectivity index (χ2n) is 2.64. The lowest BCUT2D eigenvalue weighted by Gasteiger charge is -1.92. The molecule has 0 heteroatoms. The third-order valence-corrected chi connectivity index (χ3v) is 1.79. The van der Waals surface area contributed by atoms with Gasteiger partial charge in [-0.25, -0.2) is 0 Å². The zero-order valence-corrected chi connectivity index (χ0v) is 6.70. The molecule has 0 unspecified atom stereocenters. The van der Waals surface area contributed by atoms with Crippen molar-refractivity contribution in [3.05, 3.63) is 66.3 Å². The van der Waals surface area contributed by atoms with Crippen molar-refractivity contribution in [3.63, 3.8) is 0 Å². The summed E-state index contributed by atoms with van der Waals surface area (Å²) < 4.78 is 0. The summed E-state index contributed by atoms with van der Waals surface area (Å²) in [5, 5.41) is 0. The van der Waals surface area contributed by atoms with E-state index >= 15 is 0 Å². The first-order chi connectivity index (χ1) is 5.97. The molecule has 1 aliphatic rings. The molecule has 0 bridgehead atoms. The van der Waals surface area contributed by atoms with Crippen molar-refractivity contribution in [1.29, 1.82) is 0 Å². The molecule has 1 aliphatic carbocycles. The highest BCUT2D eigenvalue weighted by molar-refractivity contribution is 5.73. The van der Waals surface area contributed by atoms with Crippen LogP contribution in [0, 0.1) is 6.08 Å². The van der Waals surface area contributed by atoms with E-state index in [4.69, 9.17) is 0 Å². The van der Waals surface area contributed by atoms with Crippen LogP contribution in [0.2, 0.25) is 0 Å². The van der Waals surface area contributed by atoms with Crippen molar-refractivity contribution in [2.45, 2.75) is 0 Å². The van der Waals surface area contributed by atoms with Gasteiger partial charge in [0.05, 0.1) is 11.6 Å². The van der Waals surface area contributed by atoms with Crippen molar-refractivity contribution < 1.29 is 0 Å². The monoisotopic (exact) mass is 153 g/mol. The molecule has 2 rings (SSSR count). The Morgan fingerprint density at radius 3 is 2.42 bits per heavy atom. The molecule has 0 N–H and O–H groups in total. The van der Waals surface area contributed by atoms with Gasteiger partial charge in [0.15, 0.2) is 5.57 Å². The second kappa shape index (κ2) is 3.17. The summed E-state index contributed by atoms with van der Waals surface area (Å²) in [5.41, 5.74) is 2.37. The molecule has 0 spiro atoms. The molecule has 0 amide bonds. The lowest BCUT2D eigenvalue weighted by molar-refractivity contribution is 1.59. The maximum absolute atomic E-state index is 3.18. The van der Waals surface area contributed by atoms with Crippen molar-refractivity contribution in [1.82, 2.24) is 0 Å². The lowest BCUT2D eigenvalue weighted by Crippen LogP contribution is -1.81. The minimum Gasteiger partial charge on any atom is -0.0605 e. The number of hydrogen-bond acceptors (Lipinski definition) is 0. The Morgan fingerprint density at radius 2 is 1.75 bits per heavy atom. The molecule has 0 aliphatic heterocycles. The van der Waals surface area contributed by atoms with Crippen LogP contribution in [0.1, 0.15) is 5.56 Å². The van der Waals surface area contributed by atoms with Crippen molar-refractivity contribution in [3.8, 4) is 0 Å². The maximum atomic E-state index is 3.18. The van der Waals surface area contributed by atoms with Gasteiger partial charge in [0.2, 0.25) is 0 Å². The quantitative estimate of drug-likeness (QED) is 0.544. The summed E-state index contributed by atoms with van der Waals surface area (Å²) in [7, 11) is 0. The van der Waals surface area contributed by atoms with Gasteiger partial charge >= 0.3 is 0 Å². The van der Waals surface area contributed by atoms with E-state index in [1.165, 1.54) is 5.56 Å². The van der Waals surface area contributed by atoms with Gasteiger partial charge in [-0.05, 0) is 12.1 Å². The average Bonchev–Trinajstić information content (AvgIpc) is 2.21. The molecular weight excluding hydrogens is 144 g/mol. The van der Waals surface area contributed by atoms with E-state index < -0.39 is 0 Å². The minimum absolute atomic E-state index is 1.15. The first-order valence-electron chi connectivity index (χ1n) is 3.99. The Balaban J connectivity index is 2.38. The molecule has 12 heavy (non-hydrogen) atoms. The lowest BCUT2D eigenvalue weighted by atomic mass is 10.0. The van der Waals surface area contributed by atoms with Crippen LogP contribution in [0.5, 0.6) is 0 Å². The summed E-state index contributed by atoms with van der Waals surface area (Å²) >= 11 is 0. The Morgan fingerprint density at radius 1 is 0.917 bits per heavy atom. The normalized spacial score (nSPS) is 13.8. The largest absolute Gasteiger partial charge is 0.155 e. The van der Waals surface area contributed by atoms with Gasteiger partial charge in [0.25, 0.3) is 0 Å². The van der Waals surface area contributed by atoms with Crippen LogP contribution >= 0.6 is 0 Å². The zero-order valence-electron chi connectivity index (χ0n) is 6.70. The maximum Gasteiger partial charge on any atom is 0.155 e. The highest BCUT2D eigenvalue weighted by atomic mass is 14.0. The van der Waals surface area contributed by atoms with Gasteiger partial charge < -0.3 is 0 Å². The van der Waals surface area contributed by atoms with Gasteiger partial charge in [0, 0.05) is 24.3 Å². The average molecular weight is 153 g/mol. The highest BCUT2D eigenvalue weighted by Crippen LogP contribution is 2.16. The third-order valence-electron chi connectivity index (χ3n) is 1.79. The molecule has 0 fully saturated rings. The molecule has 1 aromatic rings. The van der Waals surface area contributed by atoms with E-state index in [2.05, 4.69) is 24.3 Å². The molecular formula is C12H9+. The van der Waals surface area contributed by atoms with Gasteiger partial charge in [-0.15, -0.1) is 0 Å². The fourth-order valence-corrected chi connectivity index (χ4v) is 1.19. The number of benzene rings is 1. The van der Waals surface area contributed by atoms with Crippen LogP contribution in [-0.4, -0.2) is 0 Å². The SMILES string of the molecule is [C+]1=CC=CC=C1c1ccccc1. The summed E-state index contributed by atoms with van der Waals surface area (Å²) in [6, 6.07) is 10.3. The van der Waals surface area contributed by atoms with E-state index in [1.54, 1.807) is 0 Å². The Hall–Kier alpha value is -1.65. The molecule has 1 aromatic carbocycles. The highest BCUT2D eigenvalue weighted by Gasteiger charge is 2.05. The van der Waals surface area contributed by atoms with Crippen LogP contribution in [0.4, 0.5) is 0 Å².